The zero-order valence-electron chi connectivity index (χ0n) is 15.4. The minimum Gasteiger partial charge on any atom is -0.308 e. The topological polar surface area (TPSA) is 63.4 Å². The summed E-state index contributed by atoms with van der Waals surface area (Å²) < 4.78 is 1.64. The molecule has 0 aliphatic rings. The van der Waals surface area contributed by atoms with Crippen LogP contribution in [0.2, 0.25) is 5.15 Å². The maximum atomic E-state index is 12.8. The summed E-state index contributed by atoms with van der Waals surface area (Å²) in [7, 11) is 0. The Morgan fingerprint density at radius 2 is 2.23 bits per heavy atom. The van der Waals surface area contributed by atoms with Crippen LogP contribution in [0.3, 0.4) is 0 Å². The highest BCUT2D eigenvalue weighted by atomic mass is 35.5. The van der Waals surface area contributed by atoms with Crippen LogP contribution in [0.25, 0.3) is 5.70 Å². The van der Waals surface area contributed by atoms with Crippen molar-refractivity contribution in [3.8, 4) is 0 Å². The van der Waals surface area contributed by atoms with E-state index in [1.807, 2.05) is 33.8 Å². The molecule has 1 amide bonds. The second-order valence-electron chi connectivity index (χ2n) is 5.63. The highest BCUT2D eigenvalue weighted by Gasteiger charge is 2.22. The number of aliphatic imine (C=N–C) groups is 1. The first-order chi connectivity index (χ1) is 12.4. The van der Waals surface area contributed by atoms with Crippen molar-refractivity contribution in [2.24, 2.45) is 4.99 Å². The third-order valence-electron chi connectivity index (χ3n) is 3.77. The number of anilines is 1. The lowest BCUT2D eigenvalue weighted by Crippen LogP contribution is -2.32. The third-order valence-corrected chi connectivity index (χ3v) is 4.97. The van der Waals surface area contributed by atoms with Crippen LogP contribution in [-0.4, -0.2) is 33.9 Å². The molecule has 26 heavy (non-hydrogen) atoms. The number of carbonyl (C=O) groups excluding carboxylic acids is 1. The highest BCUT2D eigenvalue weighted by Crippen LogP contribution is 2.27. The molecule has 6 nitrogen and oxygen atoms in total. The van der Waals surface area contributed by atoms with Crippen LogP contribution in [-0.2, 0) is 11.2 Å². The number of allylic oxidation sites excluding steroid dienone is 3. The van der Waals surface area contributed by atoms with Crippen molar-refractivity contribution in [3.05, 3.63) is 45.3 Å². The van der Waals surface area contributed by atoms with Gasteiger partial charge in [-0.2, -0.15) is 5.10 Å². The lowest BCUT2D eigenvalue weighted by molar-refractivity contribution is -0.118. The summed E-state index contributed by atoms with van der Waals surface area (Å²) in [5.41, 5.74) is 2.24. The number of likely N-dealkylation sites (N-methyl/N-ethyl adjacent to an activating group) is 1. The van der Waals surface area contributed by atoms with Gasteiger partial charge in [0.25, 0.3) is 0 Å². The second kappa shape index (κ2) is 8.91. The summed E-state index contributed by atoms with van der Waals surface area (Å²) in [6.07, 6.45) is 7.17. The summed E-state index contributed by atoms with van der Waals surface area (Å²) >= 11 is 7.89. The molecular formula is C18H22ClN5OS. The van der Waals surface area contributed by atoms with E-state index in [0.717, 1.165) is 21.3 Å². The molecule has 0 spiro atoms. The summed E-state index contributed by atoms with van der Waals surface area (Å²) in [4.78, 5) is 23.6. The van der Waals surface area contributed by atoms with Gasteiger partial charge in [-0.1, -0.05) is 11.6 Å². The molecule has 0 bridgehead atoms. The number of thiazole rings is 1. The van der Waals surface area contributed by atoms with Crippen LogP contribution >= 0.6 is 22.9 Å². The number of aryl methyl sites for hydroxylation is 2. The molecule has 0 N–H and O–H groups in total. The molecule has 138 valence electrons. The Morgan fingerprint density at radius 3 is 2.81 bits per heavy atom. The van der Waals surface area contributed by atoms with E-state index in [9.17, 15) is 4.79 Å². The fourth-order valence-electron chi connectivity index (χ4n) is 2.48. The molecule has 0 saturated heterocycles. The Labute approximate surface area is 162 Å². The minimum absolute atomic E-state index is 0.0558. The van der Waals surface area contributed by atoms with Crippen LogP contribution in [0.15, 0.2) is 29.5 Å². The van der Waals surface area contributed by atoms with E-state index in [0.29, 0.717) is 12.2 Å². The van der Waals surface area contributed by atoms with Crippen molar-refractivity contribution in [1.29, 1.82) is 0 Å². The smallest absolute Gasteiger partial charge is 0.233 e. The van der Waals surface area contributed by atoms with Crippen LogP contribution < -0.4 is 4.90 Å². The molecular weight excluding hydrogens is 370 g/mol. The Kier molecular flexibility index (Phi) is 6.88. The Morgan fingerprint density at radius 1 is 1.50 bits per heavy atom. The average molecular weight is 392 g/mol. The molecule has 0 fully saturated rings. The van der Waals surface area contributed by atoms with Crippen molar-refractivity contribution >= 4 is 46.9 Å². The first-order valence-electron chi connectivity index (χ1n) is 8.15. The van der Waals surface area contributed by atoms with E-state index in [1.165, 1.54) is 0 Å². The van der Waals surface area contributed by atoms with Crippen molar-refractivity contribution < 1.29 is 4.79 Å². The van der Waals surface area contributed by atoms with Gasteiger partial charge < -0.3 is 4.90 Å². The summed E-state index contributed by atoms with van der Waals surface area (Å²) in [6, 6.07) is 0. The van der Waals surface area contributed by atoms with E-state index < -0.39 is 0 Å². The van der Waals surface area contributed by atoms with Gasteiger partial charge in [-0.3, -0.25) is 9.79 Å². The molecule has 2 aromatic rings. The molecule has 2 aromatic heterocycles. The molecule has 0 aromatic carbocycles. The average Bonchev–Trinajstić information content (AvgIpc) is 3.11. The standard InChI is InChI=1S/C18H22ClN5OS/c1-6-23(17(25)10-15-13(3)26-14(4)21-15)16-11-24(22-18(16)19)12(2)8-7-9-20-5/h7-9,11H,5-6,10H2,1-4H3/b9-7-,12-8+. The Hall–Kier alpha value is -2.25. The van der Waals surface area contributed by atoms with E-state index in [2.05, 4.69) is 21.8 Å². The van der Waals surface area contributed by atoms with Crippen molar-refractivity contribution in [1.82, 2.24) is 14.8 Å². The van der Waals surface area contributed by atoms with Gasteiger partial charge in [0.2, 0.25) is 5.91 Å². The summed E-state index contributed by atoms with van der Waals surface area (Å²) in [5.74, 6) is -0.0558. The van der Waals surface area contributed by atoms with Gasteiger partial charge in [0.1, 0.15) is 5.69 Å². The number of hydrogen-bond donors (Lipinski definition) is 0. The summed E-state index contributed by atoms with van der Waals surface area (Å²) in [6.45, 7) is 11.6. The SMILES string of the molecule is C=N/C=C\C=C(/C)n1cc(N(CC)C(=O)Cc2nc(C)sc2C)c(Cl)n1. The van der Waals surface area contributed by atoms with Crippen molar-refractivity contribution in [3.63, 3.8) is 0 Å². The largest absolute Gasteiger partial charge is 0.308 e. The van der Waals surface area contributed by atoms with Crippen molar-refractivity contribution in [2.75, 3.05) is 11.4 Å². The second-order valence-corrected chi connectivity index (χ2v) is 7.40. The molecule has 0 radical (unpaired) electrons. The molecule has 2 rings (SSSR count). The van der Waals surface area contributed by atoms with Gasteiger partial charge in [0.05, 0.1) is 23.3 Å². The number of aromatic nitrogens is 3. The summed E-state index contributed by atoms with van der Waals surface area (Å²) in [5, 5.41) is 5.54. The number of nitrogens with zero attached hydrogens (tertiary/aromatic N) is 5. The third kappa shape index (κ3) is 4.68. The fourth-order valence-corrected chi connectivity index (χ4v) is 3.55. The molecule has 0 saturated carbocycles. The molecule has 0 aliphatic heterocycles. The number of amides is 1. The maximum Gasteiger partial charge on any atom is 0.233 e. The van der Waals surface area contributed by atoms with Gasteiger partial charge in [-0.25, -0.2) is 9.67 Å². The molecule has 2 heterocycles. The van der Waals surface area contributed by atoms with Gasteiger partial charge in [0, 0.05) is 23.3 Å². The molecule has 8 heteroatoms. The first-order valence-corrected chi connectivity index (χ1v) is 9.34. The van der Waals surface area contributed by atoms with Crippen LogP contribution in [0.4, 0.5) is 5.69 Å². The number of rotatable bonds is 7. The van der Waals surface area contributed by atoms with E-state index in [4.69, 9.17) is 11.6 Å². The zero-order chi connectivity index (χ0) is 19.3. The van der Waals surface area contributed by atoms with Gasteiger partial charge in [0.15, 0.2) is 5.15 Å². The van der Waals surface area contributed by atoms with Crippen LogP contribution in [0.1, 0.15) is 29.4 Å². The molecule has 0 unspecified atom stereocenters. The quantitative estimate of drug-likeness (QED) is 0.522. The monoisotopic (exact) mass is 391 g/mol. The lowest BCUT2D eigenvalue weighted by Gasteiger charge is -2.19. The Balaban J connectivity index is 2.25. The van der Waals surface area contributed by atoms with Gasteiger partial charge in [-0.15, -0.1) is 11.3 Å². The van der Waals surface area contributed by atoms with Crippen LogP contribution in [0, 0.1) is 13.8 Å². The fraction of sp³-hybridized carbons (Fsp3) is 0.333. The Bertz CT molecular complexity index is 865. The minimum atomic E-state index is -0.0558. The normalized spacial score (nSPS) is 12.0. The predicted molar refractivity (Wildman–Crippen MR) is 109 cm³/mol. The molecule has 0 aliphatic carbocycles. The number of carbonyl (C=O) groups is 1. The number of hydrogen-bond acceptors (Lipinski definition) is 5. The zero-order valence-corrected chi connectivity index (χ0v) is 16.9. The van der Waals surface area contributed by atoms with Crippen molar-refractivity contribution in [2.45, 2.75) is 34.1 Å². The van der Waals surface area contributed by atoms with E-state index in [1.54, 1.807) is 39.4 Å². The maximum absolute atomic E-state index is 12.8. The first kappa shape index (κ1) is 20.1. The van der Waals surface area contributed by atoms with Crippen LogP contribution in [0.5, 0.6) is 0 Å². The number of halogens is 1. The molecule has 0 atom stereocenters. The van der Waals surface area contributed by atoms with Gasteiger partial charge >= 0.3 is 0 Å². The van der Waals surface area contributed by atoms with E-state index in [-0.39, 0.29) is 17.5 Å². The lowest BCUT2D eigenvalue weighted by atomic mass is 10.2. The highest BCUT2D eigenvalue weighted by molar-refractivity contribution is 7.11. The van der Waals surface area contributed by atoms with Gasteiger partial charge in [-0.05, 0) is 46.6 Å². The predicted octanol–water partition coefficient (Wildman–Crippen LogP) is 4.28. The van der Waals surface area contributed by atoms with E-state index >= 15 is 0 Å².